The summed E-state index contributed by atoms with van der Waals surface area (Å²) < 4.78 is 5.09. The van der Waals surface area contributed by atoms with Crippen LogP contribution in [0.15, 0.2) is 24.3 Å². The number of hydrogen-bond donors (Lipinski definition) is 1. The van der Waals surface area contributed by atoms with Gasteiger partial charge in [0.15, 0.2) is 0 Å². The smallest absolute Gasteiger partial charge is 0.0553 e. The fraction of sp³-hybridized carbons (Fsp3) is 0.571. The van der Waals surface area contributed by atoms with Crippen LogP contribution in [0.25, 0.3) is 0 Å². The Hall–Kier alpha value is -0.510. The molecule has 17 heavy (non-hydrogen) atoms. The van der Waals surface area contributed by atoms with Gasteiger partial charge in [-0.1, -0.05) is 36.8 Å². The van der Waals surface area contributed by atoms with Gasteiger partial charge in [0.2, 0.25) is 0 Å². The van der Waals surface area contributed by atoms with Gasteiger partial charge in [-0.2, -0.15) is 11.8 Å². The average Bonchev–Trinajstić information content (AvgIpc) is 2.33. The molecule has 1 rings (SSSR count). The third-order valence-corrected chi connectivity index (χ3v) is 4.09. The second-order valence-corrected chi connectivity index (χ2v) is 5.73. The fourth-order valence-electron chi connectivity index (χ4n) is 1.86. The lowest BCUT2D eigenvalue weighted by molar-refractivity contribution is 0.218. The van der Waals surface area contributed by atoms with Crippen LogP contribution in [0.3, 0.4) is 0 Å². The summed E-state index contributed by atoms with van der Waals surface area (Å²) in [5.74, 6) is 1.04. The second kappa shape index (κ2) is 7.75. The molecule has 0 aliphatic heterocycles. The van der Waals surface area contributed by atoms with E-state index in [9.17, 15) is 0 Å². The van der Waals surface area contributed by atoms with Gasteiger partial charge >= 0.3 is 0 Å². The zero-order chi connectivity index (χ0) is 12.7. The van der Waals surface area contributed by atoms with Gasteiger partial charge in [0.05, 0.1) is 6.61 Å². The monoisotopic (exact) mass is 253 g/mol. The maximum Gasteiger partial charge on any atom is 0.0553 e. The van der Waals surface area contributed by atoms with E-state index in [0.717, 1.165) is 12.4 Å². The number of benzene rings is 1. The Kier molecular flexibility index (Phi) is 6.63. The summed E-state index contributed by atoms with van der Waals surface area (Å²) in [4.78, 5) is 0. The molecule has 96 valence electrons. The molecule has 0 spiro atoms. The summed E-state index contributed by atoms with van der Waals surface area (Å²) in [5.41, 5.74) is 2.67. The first-order valence-corrected chi connectivity index (χ1v) is 7.08. The van der Waals surface area contributed by atoms with E-state index in [1.54, 1.807) is 7.11 Å². The third kappa shape index (κ3) is 4.70. The highest BCUT2D eigenvalue weighted by Gasteiger charge is 2.17. The molecule has 0 saturated heterocycles. The standard InChI is InChI=1S/C14H23NOS/c1-11-5-7-13(8-6-11)14(15-3)12(2)17-10-9-16-4/h5-8,12,14-15H,9-10H2,1-4H3. The minimum Gasteiger partial charge on any atom is -0.384 e. The Bertz CT molecular complexity index is 313. The van der Waals surface area contributed by atoms with Crippen LogP contribution in [0.4, 0.5) is 0 Å². The Morgan fingerprint density at radius 1 is 1.29 bits per heavy atom. The molecule has 0 aliphatic rings. The molecule has 0 radical (unpaired) electrons. The van der Waals surface area contributed by atoms with Crippen LogP contribution >= 0.6 is 11.8 Å². The third-order valence-electron chi connectivity index (χ3n) is 2.89. The molecule has 1 aromatic rings. The Morgan fingerprint density at radius 2 is 1.94 bits per heavy atom. The highest BCUT2D eigenvalue weighted by atomic mass is 32.2. The topological polar surface area (TPSA) is 21.3 Å². The number of thioether (sulfide) groups is 1. The van der Waals surface area contributed by atoms with Gasteiger partial charge in [-0.3, -0.25) is 0 Å². The maximum absolute atomic E-state index is 5.09. The number of rotatable bonds is 7. The molecular formula is C14H23NOS. The van der Waals surface area contributed by atoms with E-state index in [0.29, 0.717) is 11.3 Å². The Morgan fingerprint density at radius 3 is 2.47 bits per heavy atom. The first kappa shape index (κ1) is 14.6. The van der Waals surface area contributed by atoms with Crippen LogP contribution in [-0.4, -0.2) is 31.8 Å². The molecule has 2 nitrogen and oxygen atoms in total. The van der Waals surface area contributed by atoms with Gasteiger partial charge in [-0.15, -0.1) is 0 Å². The van der Waals surface area contributed by atoms with E-state index in [4.69, 9.17) is 4.74 Å². The van der Waals surface area contributed by atoms with E-state index in [-0.39, 0.29) is 0 Å². The fourth-order valence-corrected chi connectivity index (χ4v) is 2.98. The van der Waals surface area contributed by atoms with Gasteiger partial charge in [0.1, 0.15) is 0 Å². The minimum atomic E-state index is 0.400. The van der Waals surface area contributed by atoms with Crippen LogP contribution in [0.5, 0.6) is 0 Å². The van der Waals surface area contributed by atoms with E-state index >= 15 is 0 Å². The number of nitrogens with one attached hydrogen (secondary N) is 1. The normalized spacial score (nSPS) is 14.6. The summed E-state index contributed by atoms with van der Waals surface area (Å²) in [6, 6.07) is 9.17. The predicted octanol–water partition coefficient (Wildman–Crippen LogP) is 3.02. The quantitative estimate of drug-likeness (QED) is 0.755. The molecule has 0 heterocycles. The molecule has 1 aromatic carbocycles. The van der Waals surface area contributed by atoms with Crippen molar-refractivity contribution in [3.63, 3.8) is 0 Å². The van der Waals surface area contributed by atoms with Gasteiger partial charge in [-0.05, 0) is 19.5 Å². The van der Waals surface area contributed by atoms with Gasteiger partial charge in [0.25, 0.3) is 0 Å². The summed E-state index contributed by atoms with van der Waals surface area (Å²) in [6.45, 7) is 5.20. The van der Waals surface area contributed by atoms with Crippen LogP contribution in [-0.2, 0) is 4.74 Å². The predicted molar refractivity (Wildman–Crippen MR) is 76.8 cm³/mol. The molecule has 0 bridgehead atoms. The Balaban J connectivity index is 2.60. The zero-order valence-corrected chi connectivity index (χ0v) is 12.0. The molecule has 2 atom stereocenters. The van der Waals surface area contributed by atoms with Crippen molar-refractivity contribution in [3.8, 4) is 0 Å². The number of aryl methyl sites for hydroxylation is 1. The lowest BCUT2D eigenvalue weighted by Gasteiger charge is -2.23. The van der Waals surface area contributed by atoms with Crippen molar-refractivity contribution in [3.05, 3.63) is 35.4 Å². The molecule has 0 aromatic heterocycles. The first-order valence-electron chi connectivity index (χ1n) is 6.03. The molecular weight excluding hydrogens is 230 g/mol. The van der Waals surface area contributed by atoms with E-state index in [1.807, 2.05) is 18.8 Å². The molecule has 3 heteroatoms. The highest BCUT2D eigenvalue weighted by Crippen LogP contribution is 2.26. The highest BCUT2D eigenvalue weighted by molar-refractivity contribution is 7.99. The minimum absolute atomic E-state index is 0.400. The van der Waals surface area contributed by atoms with Gasteiger partial charge in [-0.25, -0.2) is 0 Å². The number of hydrogen-bond acceptors (Lipinski definition) is 3. The van der Waals surface area contributed by atoms with E-state index in [2.05, 4.69) is 43.4 Å². The van der Waals surface area contributed by atoms with Crippen molar-refractivity contribution in [2.24, 2.45) is 0 Å². The summed E-state index contributed by atoms with van der Waals surface area (Å²) in [7, 11) is 3.78. The second-order valence-electron chi connectivity index (χ2n) is 4.25. The van der Waals surface area contributed by atoms with Crippen LogP contribution in [0.2, 0.25) is 0 Å². The maximum atomic E-state index is 5.09. The van der Waals surface area contributed by atoms with Crippen molar-refractivity contribution in [2.45, 2.75) is 25.1 Å². The van der Waals surface area contributed by atoms with Crippen molar-refractivity contribution >= 4 is 11.8 Å². The van der Waals surface area contributed by atoms with Crippen molar-refractivity contribution in [1.29, 1.82) is 0 Å². The van der Waals surface area contributed by atoms with E-state index in [1.165, 1.54) is 11.1 Å². The lowest BCUT2D eigenvalue weighted by Crippen LogP contribution is -2.25. The molecule has 0 saturated carbocycles. The summed E-state index contributed by atoms with van der Waals surface area (Å²) in [5, 5.41) is 3.94. The largest absolute Gasteiger partial charge is 0.384 e. The number of ether oxygens (including phenoxy) is 1. The first-order chi connectivity index (χ1) is 8.19. The van der Waals surface area contributed by atoms with Crippen LogP contribution in [0, 0.1) is 6.92 Å². The number of methoxy groups -OCH3 is 1. The van der Waals surface area contributed by atoms with Gasteiger partial charge < -0.3 is 10.1 Å². The van der Waals surface area contributed by atoms with Crippen molar-refractivity contribution in [2.75, 3.05) is 26.5 Å². The van der Waals surface area contributed by atoms with Crippen LogP contribution in [0.1, 0.15) is 24.1 Å². The Labute approximate surface area is 109 Å². The zero-order valence-electron chi connectivity index (χ0n) is 11.2. The summed E-state index contributed by atoms with van der Waals surface area (Å²) in [6.07, 6.45) is 0. The molecule has 0 fully saturated rings. The SMILES string of the molecule is CNC(c1ccc(C)cc1)C(C)SCCOC. The lowest BCUT2D eigenvalue weighted by atomic mass is 10.0. The van der Waals surface area contributed by atoms with E-state index < -0.39 is 0 Å². The van der Waals surface area contributed by atoms with Crippen molar-refractivity contribution < 1.29 is 4.74 Å². The molecule has 1 N–H and O–H groups in total. The van der Waals surface area contributed by atoms with Crippen LogP contribution < -0.4 is 5.32 Å². The summed E-state index contributed by atoms with van der Waals surface area (Å²) >= 11 is 1.95. The average molecular weight is 253 g/mol. The molecule has 0 aliphatic carbocycles. The molecule has 2 unspecified atom stereocenters. The molecule has 0 amide bonds. The van der Waals surface area contributed by atoms with Crippen molar-refractivity contribution in [1.82, 2.24) is 5.32 Å². The van der Waals surface area contributed by atoms with Gasteiger partial charge in [0, 0.05) is 24.2 Å².